The Morgan fingerprint density at radius 2 is 0.651 bits per heavy atom. The molecular formula is C60H37NS2. The first-order valence-electron chi connectivity index (χ1n) is 21.7. The van der Waals surface area contributed by atoms with Gasteiger partial charge in [-0.2, -0.15) is 0 Å². The van der Waals surface area contributed by atoms with Crippen LogP contribution in [-0.2, 0) is 10.8 Å². The van der Waals surface area contributed by atoms with Gasteiger partial charge in [0.1, 0.15) is 0 Å². The van der Waals surface area contributed by atoms with Gasteiger partial charge in [0, 0.05) is 36.3 Å². The zero-order chi connectivity index (χ0) is 41.3. The van der Waals surface area contributed by atoms with Crippen LogP contribution in [0.15, 0.2) is 244 Å². The summed E-state index contributed by atoms with van der Waals surface area (Å²) >= 11 is 3.78. The highest BCUT2D eigenvalue weighted by Crippen LogP contribution is 2.65. The van der Waals surface area contributed by atoms with Crippen molar-refractivity contribution in [2.24, 2.45) is 0 Å². The Balaban J connectivity index is 1.03. The van der Waals surface area contributed by atoms with Crippen LogP contribution < -0.4 is 4.90 Å². The van der Waals surface area contributed by atoms with Crippen molar-refractivity contribution in [2.75, 3.05) is 4.90 Å². The number of hydrogen-bond acceptors (Lipinski definition) is 3. The number of anilines is 3. The van der Waals surface area contributed by atoms with Crippen molar-refractivity contribution in [3.63, 3.8) is 0 Å². The van der Waals surface area contributed by atoms with Crippen LogP contribution in [0.1, 0.15) is 44.5 Å². The molecule has 1 nitrogen and oxygen atoms in total. The molecule has 2 heterocycles. The normalized spacial score (nSPS) is 14.8. The molecule has 4 aliphatic rings. The van der Waals surface area contributed by atoms with Crippen LogP contribution in [0, 0.1) is 0 Å². The molecule has 0 bridgehead atoms. The van der Waals surface area contributed by atoms with Crippen molar-refractivity contribution in [1.29, 1.82) is 0 Å². The molecule has 0 saturated heterocycles. The Kier molecular flexibility index (Phi) is 7.47. The molecule has 0 aromatic heterocycles. The molecule has 0 amide bonds. The lowest BCUT2D eigenvalue weighted by Gasteiger charge is -2.40. The maximum atomic E-state index is 2.52. The summed E-state index contributed by atoms with van der Waals surface area (Å²) in [6.45, 7) is 0. The summed E-state index contributed by atoms with van der Waals surface area (Å²) in [6.07, 6.45) is 0. The van der Waals surface area contributed by atoms with E-state index in [-0.39, 0.29) is 0 Å². The van der Waals surface area contributed by atoms with E-state index in [0.717, 1.165) is 17.1 Å². The Labute approximate surface area is 375 Å². The average Bonchev–Trinajstić information content (AvgIpc) is 3.79. The maximum Gasteiger partial charge on any atom is 0.0735 e. The number of benzene rings is 10. The molecule has 0 saturated carbocycles. The lowest BCUT2D eigenvalue weighted by atomic mass is 9.67. The lowest BCUT2D eigenvalue weighted by molar-refractivity contribution is 0.722. The van der Waals surface area contributed by atoms with Crippen LogP contribution in [-0.4, -0.2) is 0 Å². The van der Waals surface area contributed by atoms with Gasteiger partial charge in [-0.1, -0.05) is 193 Å². The van der Waals surface area contributed by atoms with Crippen molar-refractivity contribution in [3.8, 4) is 22.3 Å². The number of nitrogens with zero attached hydrogens (tertiary/aromatic N) is 1. The third-order valence-corrected chi connectivity index (χ3v) is 16.5. The summed E-state index contributed by atoms with van der Waals surface area (Å²) < 4.78 is 0. The minimum atomic E-state index is -0.427. The smallest absolute Gasteiger partial charge is 0.0735 e. The van der Waals surface area contributed by atoms with Gasteiger partial charge < -0.3 is 4.90 Å². The molecule has 0 unspecified atom stereocenters. The summed E-state index contributed by atoms with van der Waals surface area (Å²) in [5.74, 6) is 0. The molecule has 0 atom stereocenters. The Hall–Kier alpha value is -7.04. The van der Waals surface area contributed by atoms with Gasteiger partial charge >= 0.3 is 0 Å². The van der Waals surface area contributed by atoms with Gasteiger partial charge in [-0.3, -0.25) is 0 Å². The zero-order valence-electron chi connectivity index (χ0n) is 34.1. The SMILES string of the molecule is c1ccc2c(c1)Sc1ccccc1C21c2ccccc2-c2cc(N(c3ccc4c(c3)-c3ccccc3C43c4ccccc4Sc4ccccc43)c3cccc4ccccc34)ccc21. The van der Waals surface area contributed by atoms with Gasteiger partial charge in [0.25, 0.3) is 0 Å². The molecule has 2 aliphatic heterocycles. The molecule has 294 valence electrons. The van der Waals surface area contributed by atoms with Gasteiger partial charge in [0.2, 0.25) is 0 Å². The highest BCUT2D eigenvalue weighted by atomic mass is 32.2. The minimum absolute atomic E-state index is 0.427. The standard InChI is InChI=1S/C60H37NS2/c1-2-18-41-38(16-1)17-15-27-54(41)61(39-32-34-48-44(36-39)42-19-3-5-21-46(42)59(48)50-23-7-11-28-55(50)62-56-29-12-8-24-51(56)59)40-33-35-49-45(37-40)43-20-4-6-22-47(43)60(49)52-25-9-13-30-57(52)63-58-31-14-10-26-53(58)60/h1-37H. The second-order valence-corrected chi connectivity index (χ2v) is 19.2. The molecule has 63 heavy (non-hydrogen) atoms. The van der Waals surface area contributed by atoms with Gasteiger partial charge in [-0.05, 0) is 127 Å². The van der Waals surface area contributed by atoms with Gasteiger partial charge in [0.15, 0.2) is 0 Å². The minimum Gasteiger partial charge on any atom is -0.310 e. The van der Waals surface area contributed by atoms with E-state index in [2.05, 4.69) is 229 Å². The van der Waals surface area contributed by atoms with E-state index in [1.807, 2.05) is 23.5 Å². The summed E-state index contributed by atoms with van der Waals surface area (Å²) in [5.41, 5.74) is 18.5. The molecule has 0 N–H and O–H groups in total. The van der Waals surface area contributed by atoms with Crippen molar-refractivity contribution < 1.29 is 0 Å². The van der Waals surface area contributed by atoms with Crippen molar-refractivity contribution in [3.05, 3.63) is 269 Å². The van der Waals surface area contributed by atoms with Crippen LogP contribution in [0.5, 0.6) is 0 Å². The second kappa shape index (κ2) is 13.2. The highest BCUT2D eigenvalue weighted by Gasteiger charge is 2.52. The second-order valence-electron chi connectivity index (χ2n) is 17.1. The van der Waals surface area contributed by atoms with Crippen LogP contribution in [0.4, 0.5) is 17.1 Å². The fraction of sp³-hybridized carbons (Fsp3) is 0.0333. The topological polar surface area (TPSA) is 3.24 Å². The predicted octanol–water partition coefficient (Wildman–Crippen LogP) is 16.0. The van der Waals surface area contributed by atoms with Crippen molar-refractivity contribution in [2.45, 2.75) is 30.4 Å². The fourth-order valence-electron chi connectivity index (χ4n) is 11.8. The van der Waals surface area contributed by atoms with E-state index in [9.17, 15) is 0 Å². The van der Waals surface area contributed by atoms with Crippen LogP contribution in [0.2, 0.25) is 0 Å². The maximum absolute atomic E-state index is 2.52. The van der Waals surface area contributed by atoms with Gasteiger partial charge in [-0.15, -0.1) is 0 Å². The van der Waals surface area contributed by atoms with E-state index < -0.39 is 10.8 Å². The molecular weight excluding hydrogens is 799 g/mol. The number of hydrogen-bond donors (Lipinski definition) is 0. The summed E-state index contributed by atoms with van der Waals surface area (Å²) in [5, 5.41) is 2.44. The first-order chi connectivity index (χ1) is 31.2. The monoisotopic (exact) mass is 835 g/mol. The van der Waals surface area contributed by atoms with Crippen molar-refractivity contribution >= 4 is 51.4 Å². The quantitative estimate of drug-likeness (QED) is 0.175. The van der Waals surface area contributed by atoms with Gasteiger partial charge in [-0.25, -0.2) is 0 Å². The predicted molar refractivity (Wildman–Crippen MR) is 261 cm³/mol. The third kappa shape index (κ3) is 4.66. The molecule has 0 fully saturated rings. The molecule has 2 aliphatic carbocycles. The summed E-state index contributed by atoms with van der Waals surface area (Å²) in [6, 6.07) is 84.7. The molecule has 10 aromatic rings. The first kappa shape index (κ1) is 35.5. The Morgan fingerprint density at radius 1 is 0.286 bits per heavy atom. The fourth-order valence-corrected chi connectivity index (χ4v) is 14.2. The van der Waals surface area contributed by atoms with Crippen LogP contribution in [0.3, 0.4) is 0 Å². The lowest BCUT2D eigenvalue weighted by Crippen LogP contribution is -2.32. The van der Waals surface area contributed by atoms with Gasteiger partial charge in [0.05, 0.1) is 16.5 Å². The molecule has 2 spiro atoms. The average molecular weight is 836 g/mol. The van der Waals surface area contributed by atoms with E-state index in [4.69, 9.17) is 0 Å². The molecule has 3 heteroatoms. The van der Waals surface area contributed by atoms with E-state index in [0.29, 0.717) is 0 Å². The Bertz CT molecular complexity index is 3270. The summed E-state index contributed by atoms with van der Waals surface area (Å²) in [7, 11) is 0. The van der Waals surface area contributed by atoms with E-state index in [1.165, 1.54) is 97.1 Å². The molecule has 0 radical (unpaired) electrons. The zero-order valence-corrected chi connectivity index (χ0v) is 35.8. The van der Waals surface area contributed by atoms with E-state index in [1.54, 1.807) is 0 Å². The molecule has 10 aromatic carbocycles. The summed E-state index contributed by atoms with van der Waals surface area (Å²) in [4.78, 5) is 7.79. The largest absolute Gasteiger partial charge is 0.310 e. The van der Waals surface area contributed by atoms with Crippen LogP contribution in [0.25, 0.3) is 33.0 Å². The van der Waals surface area contributed by atoms with E-state index >= 15 is 0 Å². The first-order valence-corrected chi connectivity index (χ1v) is 23.4. The number of rotatable bonds is 3. The highest BCUT2D eigenvalue weighted by molar-refractivity contribution is 7.99. The number of fused-ring (bicyclic) bond motifs is 19. The molecule has 14 rings (SSSR count). The van der Waals surface area contributed by atoms with Crippen molar-refractivity contribution in [1.82, 2.24) is 0 Å². The van der Waals surface area contributed by atoms with Crippen LogP contribution >= 0.6 is 23.5 Å². The Morgan fingerprint density at radius 3 is 1.13 bits per heavy atom. The third-order valence-electron chi connectivity index (χ3n) is 14.2.